The van der Waals surface area contributed by atoms with Crippen molar-refractivity contribution in [2.45, 2.75) is 213 Å². The van der Waals surface area contributed by atoms with E-state index in [0.717, 1.165) is 38.5 Å². The molecule has 0 aromatic carbocycles. The van der Waals surface area contributed by atoms with Crippen molar-refractivity contribution in [1.29, 1.82) is 0 Å². The van der Waals surface area contributed by atoms with Crippen LogP contribution in [0.15, 0.2) is 0 Å². The van der Waals surface area contributed by atoms with Gasteiger partial charge in [0.2, 0.25) is 5.91 Å². The third-order valence-corrected chi connectivity index (χ3v) is 8.52. The molecule has 6 nitrogen and oxygen atoms in total. The fourth-order valence-electron chi connectivity index (χ4n) is 5.66. The normalized spacial score (nSPS) is 11.9. The summed E-state index contributed by atoms with van der Waals surface area (Å²) in [6, 6.07) is -0.877. The molecule has 0 aromatic heterocycles. The number of carbonyl (C=O) groups is 3. The minimum atomic E-state index is -0.977. The van der Waals surface area contributed by atoms with Crippen molar-refractivity contribution in [1.82, 2.24) is 5.32 Å². The first-order valence-electron chi connectivity index (χ1n) is 18.7. The molecule has 0 saturated carbocycles. The second-order valence-electron chi connectivity index (χ2n) is 12.8. The Morgan fingerprint density at radius 3 is 1.23 bits per heavy atom. The summed E-state index contributed by atoms with van der Waals surface area (Å²) in [5.41, 5.74) is 0. The van der Waals surface area contributed by atoms with Gasteiger partial charge in [0.1, 0.15) is 6.04 Å². The number of rotatable bonds is 34. The standard InChI is InChI=1S/C37H71NO5/c1-3-5-7-9-11-13-15-16-17-18-19-20-21-22-24-26-28-30-35(39)38-34(31-32-36(40)41)37(42)43-33-29-27-25-23-14-12-10-8-6-4-2/h34H,3-33H2,1-2H3,(H,38,39)(H,40,41)/t34-/m0/s1. The first kappa shape index (κ1) is 41.4. The highest BCUT2D eigenvalue weighted by Gasteiger charge is 2.23. The predicted molar refractivity (Wildman–Crippen MR) is 180 cm³/mol. The van der Waals surface area contributed by atoms with Crippen molar-refractivity contribution in [3.63, 3.8) is 0 Å². The Morgan fingerprint density at radius 2 is 0.860 bits per heavy atom. The topological polar surface area (TPSA) is 92.7 Å². The number of hydrogen-bond donors (Lipinski definition) is 2. The fraction of sp³-hybridized carbons (Fsp3) is 0.919. The van der Waals surface area contributed by atoms with E-state index in [2.05, 4.69) is 19.2 Å². The van der Waals surface area contributed by atoms with Crippen molar-refractivity contribution < 1.29 is 24.2 Å². The average Bonchev–Trinajstić information content (AvgIpc) is 2.99. The first-order chi connectivity index (χ1) is 21.0. The number of esters is 1. The zero-order valence-electron chi connectivity index (χ0n) is 28.6. The van der Waals surface area contributed by atoms with E-state index in [1.807, 2.05) is 0 Å². The molecule has 254 valence electrons. The smallest absolute Gasteiger partial charge is 0.328 e. The molecule has 0 radical (unpaired) electrons. The number of nitrogens with one attached hydrogen (secondary N) is 1. The van der Waals surface area contributed by atoms with Gasteiger partial charge in [-0.1, -0.05) is 174 Å². The lowest BCUT2D eigenvalue weighted by Gasteiger charge is -2.17. The minimum Gasteiger partial charge on any atom is -0.481 e. The Bertz CT molecular complexity index is 638. The zero-order chi connectivity index (χ0) is 31.6. The highest BCUT2D eigenvalue weighted by molar-refractivity contribution is 5.84. The van der Waals surface area contributed by atoms with Gasteiger partial charge in [-0.25, -0.2) is 4.79 Å². The Kier molecular flexibility index (Phi) is 32.1. The zero-order valence-corrected chi connectivity index (χ0v) is 28.6. The molecule has 43 heavy (non-hydrogen) atoms. The molecule has 0 aliphatic heterocycles. The molecule has 0 saturated heterocycles. The maximum absolute atomic E-state index is 12.6. The maximum Gasteiger partial charge on any atom is 0.328 e. The van der Waals surface area contributed by atoms with E-state index in [-0.39, 0.29) is 18.7 Å². The van der Waals surface area contributed by atoms with Gasteiger partial charge in [-0.2, -0.15) is 0 Å². The summed E-state index contributed by atoms with van der Waals surface area (Å²) in [7, 11) is 0. The summed E-state index contributed by atoms with van der Waals surface area (Å²) in [5.74, 6) is -1.67. The second kappa shape index (κ2) is 33.3. The molecule has 0 spiro atoms. The van der Waals surface area contributed by atoms with Crippen LogP contribution in [0.2, 0.25) is 0 Å². The molecule has 0 unspecified atom stereocenters. The third kappa shape index (κ3) is 31.6. The van der Waals surface area contributed by atoms with E-state index >= 15 is 0 Å². The van der Waals surface area contributed by atoms with E-state index in [0.29, 0.717) is 13.0 Å². The minimum absolute atomic E-state index is 0.0665. The van der Waals surface area contributed by atoms with E-state index in [9.17, 15) is 14.4 Å². The van der Waals surface area contributed by atoms with Crippen LogP contribution in [0.1, 0.15) is 206 Å². The lowest BCUT2D eigenvalue weighted by molar-refractivity contribution is -0.148. The highest BCUT2D eigenvalue weighted by Crippen LogP contribution is 2.15. The monoisotopic (exact) mass is 610 g/mol. The van der Waals surface area contributed by atoms with E-state index in [1.165, 1.54) is 135 Å². The van der Waals surface area contributed by atoms with Crippen molar-refractivity contribution >= 4 is 17.8 Å². The highest BCUT2D eigenvalue weighted by atomic mass is 16.5. The molecule has 1 amide bonds. The van der Waals surface area contributed by atoms with Crippen molar-refractivity contribution in [2.75, 3.05) is 6.61 Å². The van der Waals surface area contributed by atoms with E-state index in [1.54, 1.807) is 0 Å². The number of carboxylic acids is 1. The van der Waals surface area contributed by atoms with E-state index < -0.39 is 18.0 Å². The molecular weight excluding hydrogens is 538 g/mol. The van der Waals surface area contributed by atoms with Crippen LogP contribution in [0.3, 0.4) is 0 Å². The van der Waals surface area contributed by atoms with Gasteiger partial charge in [-0.05, 0) is 19.3 Å². The van der Waals surface area contributed by atoms with E-state index in [4.69, 9.17) is 9.84 Å². The summed E-state index contributed by atoms with van der Waals surface area (Å²) in [5, 5.41) is 11.8. The Labute approximate surface area is 266 Å². The van der Waals surface area contributed by atoms with Gasteiger partial charge >= 0.3 is 11.9 Å². The van der Waals surface area contributed by atoms with Gasteiger partial charge in [0.05, 0.1) is 6.61 Å². The number of ether oxygens (including phenoxy) is 1. The van der Waals surface area contributed by atoms with Crippen LogP contribution in [-0.2, 0) is 19.1 Å². The number of unbranched alkanes of at least 4 members (excludes halogenated alkanes) is 25. The molecule has 0 aromatic rings. The van der Waals surface area contributed by atoms with Gasteiger partial charge in [-0.15, -0.1) is 0 Å². The number of carbonyl (C=O) groups excluding carboxylic acids is 2. The second-order valence-corrected chi connectivity index (χ2v) is 12.8. The summed E-state index contributed by atoms with van der Waals surface area (Å²) >= 11 is 0. The van der Waals surface area contributed by atoms with Crippen LogP contribution in [0.5, 0.6) is 0 Å². The largest absolute Gasteiger partial charge is 0.481 e. The van der Waals surface area contributed by atoms with Gasteiger partial charge in [0.15, 0.2) is 0 Å². The van der Waals surface area contributed by atoms with Gasteiger partial charge in [0, 0.05) is 12.8 Å². The van der Waals surface area contributed by atoms with Gasteiger partial charge in [0.25, 0.3) is 0 Å². The van der Waals surface area contributed by atoms with Crippen LogP contribution in [0, 0.1) is 0 Å². The van der Waals surface area contributed by atoms with Crippen molar-refractivity contribution in [3.8, 4) is 0 Å². The molecule has 0 aliphatic rings. The van der Waals surface area contributed by atoms with Crippen LogP contribution in [0.25, 0.3) is 0 Å². The number of carboxylic acid groups (broad SMARTS) is 1. The SMILES string of the molecule is CCCCCCCCCCCCCCCCCCCC(=O)N[C@@H](CCC(=O)O)C(=O)OCCCCCCCCCCCC. The molecular formula is C37H71NO5. The quantitative estimate of drug-likeness (QED) is 0.0559. The first-order valence-corrected chi connectivity index (χ1v) is 18.7. The lowest BCUT2D eigenvalue weighted by Crippen LogP contribution is -2.42. The Hall–Kier alpha value is -1.59. The van der Waals surface area contributed by atoms with Crippen molar-refractivity contribution in [3.05, 3.63) is 0 Å². The molecule has 6 heteroatoms. The van der Waals surface area contributed by atoms with Crippen LogP contribution < -0.4 is 5.32 Å². The molecule has 0 fully saturated rings. The Morgan fingerprint density at radius 1 is 0.512 bits per heavy atom. The average molecular weight is 610 g/mol. The van der Waals surface area contributed by atoms with Gasteiger partial charge in [-0.3, -0.25) is 9.59 Å². The molecule has 0 bridgehead atoms. The van der Waals surface area contributed by atoms with Crippen molar-refractivity contribution in [2.24, 2.45) is 0 Å². The fourth-order valence-corrected chi connectivity index (χ4v) is 5.66. The predicted octanol–water partition coefficient (Wildman–Crippen LogP) is 10.8. The molecule has 1 atom stereocenters. The van der Waals surface area contributed by atoms with Crippen LogP contribution >= 0.6 is 0 Å². The lowest BCUT2D eigenvalue weighted by atomic mass is 10.0. The number of aliphatic carboxylic acids is 1. The molecule has 2 N–H and O–H groups in total. The maximum atomic E-state index is 12.6. The Balaban J connectivity index is 3.81. The summed E-state index contributed by atoms with van der Waals surface area (Å²) < 4.78 is 5.40. The molecule has 0 rings (SSSR count). The van der Waals surface area contributed by atoms with Crippen LogP contribution in [0.4, 0.5) is 0 Å². The molecule has 0 heterocycles. The number of hydrogen-bond acceptors (Lipinski definition) is 4. The summed E-state index contributed by atoms with van der Waals surface area (Å²) in [6.07, 6.45) is 34.3. The van der Waals surface area contributed by atoms with Gasteiger partial charge < -0.3 is 15.2 Å². The van der Waals surface area contributed by atoms with Crippen LogP contribution in [-0.4, -0.2) is 35.6 Å². The third-order valence-electron chi connectivity index (χ3n) is 8.52. The summed E-state index contributed by atoms with van der Waals surface area (Å²) in [4.78, 5) is 36.1. The number of amides is 1. The molecule has 0 aliphatic carbocycles. The summed E-state index contributed by atoms with van der Waals surface area (Å²) in [6.45, 7) is 4.83.